The molecular formula is C13H13F4N3O3S. The number of hydrogen-bond donors (Lipinski definition) is 0. The van der Waals surface area contributed by atoms with Crippen molar-refractivity contribution in [2.75, 3.05) is 13.4 Å². The van der Waals surface area contributed by atoms with Crippen molar-refractivity contribution in [1.29, 1.82) is 0 Å². The number of halogens is 4. The van der Waals surface area contributed by atoms with Gasteiger partial charge in [0.15, 0.2) is 5.60 Å². The van der Waals surface area contributed by atoms with Gasteiger partial charge in [-0.2, -0.15) is 13.9 Å². The Labute approximate surface area is 135 Å². The molecule has 1 heterocycles. The fourth-order valence-electron chi connectivity index (χ4n) is 2.29. The molecule has 1 aromatic heterocycles. The Bertz CT molecular complexity index is 827. The molecule has 0 bridgehead atoms. The quantitative estimate of drug-likeness (QED) is 0.727. The lowest BCUT2D eigenvalue weighted by Gasteiger charge is -2.38. The molecule has 0 aliphatic heterocycles. The van der Waals surface area contributed by atoms with E-state index in [1.165, 1.54) is 0 Å². The van der Waals surface area contributed by atoms with Crippen molar-refractivity contribution in [3.63, 3.8) is 0 Å². The first-order chi connectivity index (χ1) is 11.0. The van der Waals surface area contributed by atoms with Crippen molar-refractivity contribution >= 4 is 9.84 Å². The highest BCUT2D eigenvalue weighted by atomic mass is 32.2. The van der Waals surface area contributed by atoms with Crippen LogP contribution >= 0.6 is 0 Å². The van der Waals surface area contributed by atoms with Gasteiger partial charge in [0.05, 0.1) is 6.54 Å². The lowest BCUT2D eigenvalue weighted by Crippen LogP contribution is -2.54. The second-order valence-electron chi connectivity index (χ2n) is 5.04. The van der Waals surface area contributed by atoms with E-state index in [0.717, 1.165) is 30.5 Å². The molecule has 132 valence electrons. The predicted molar refractivity (Wildman–Crippen MR) is 74.9 cm³/mol. The van der Waals surface area contributed by atoms with Gasteiger partial charge in [0.25, 0.3) is 0 Å². The van der Waals surface area contributed by atoms with Crippen LogP contribution in [0, 0.1) is 11.6 Å². The van der Waals surface area contributed by atoms with Crippen LogP contribution in [-0.2, 0) is 26.7 Å². The Morgan fingerprint density at radius 1 is 1.29 bits per heavy atom. The molecule has 6 nitrogen and oxygen atoms in total. The number of methoxy groups -OCH3 is 1. The van der Waals surface area contributed by atoms with Crippen LogP contribution in [0.15, 0.2) is 30.9 Å². The first-order valence-electron chi connectivity index (χ1n) is 6.45. The van der Waals surface area contributed by atoms with Gasteiger partial charge in [-0.15, -0.1) is 0 Å². The fourth-order valence-corrected chi connectivity index (χ4v) is 3.14. The number of alkyl halides is 2. The minimum Gasteiger partial charge on any atom is -0.364 e. The number of nitrogens with zero attached hydrogens (tertiary/aromatic N) is 3. The van der Waals surface area contributed by atoms with Gasteiger partial charge in [-0.25, -0.2) is 26.9 Å². The molecular weight excluding hydrogens is 354 g/mol. The van der Waals surface area contributed by atoms with Gasteiger partial charge < -0.3 is 4.74 Å². The molecule has 0 radical (unpaired) electrons. The van der Waals surface area contributed by atoms with Crippen LogP contribution in [0.1, 0.15) is 5.56 Å². The summed E-state index contributed by atoms with van der Waals surface area (Å²) in [6.07, 6.45) is 2.36. The second-order valence-corrected chi connectivity index (χ2v) is 7.09. The number of hydrogen-bond acceptors (Lipinski definition) is 5. The predicted octanol–water partition coefficient (Wildman–Crippen LogP) is 1.74. The van der Waals surface area contributed by atoms with E-state index in [1.54, 1.807) is 0 Å². The number of rotatable bonds is 6. The minimum atomic E-state index is -5.03. The van der Waals surface area contributed by atoms with Crippen LogP contribution in [0.25, 0.3) is 0 Å². The Kier molecular flexibility index (Phi) is 4.68. The third-order valence-electron chi connectivity index (χ3n) is 3.50. The van der Waals surface area contributed by atoms with Crippen LogP contribution in [0.3, 0.4) is 0 Å². The summed E-state index contributed by atoms with van der Waals surface area (Å²) in [6.45, 7) is -0.869. The zero-order valence-corrected chi connectivity index (χ0v) is 13.4. The summed E-state index contributed by atoms with van der Waals surface area (Å²) in [5.74, 6) is -2.38. The van der Waals surface area contributed by atoms with Crippen molar-refractivity contribution in [2.24, 2.45) is 0 Å². The van der Waals surface area contributed by atoms with Crippen molar-refractivity contribution < 1.29 is 30.7 Å². The lowest BCUT2D eigenvalue weighted by molar-refractivity contribution is -0.166. The number of benzene rings is 1. The molecule has 2 rings (SSSR count). The molecule has 0 N–H and O–H groups in total. The summed E-state index contributed by atoms with van der Waals surface area (Å²) in [7, 11) is -4.23. The minimum absolute atomic E-state index is 0.295. The summed E-state index contributed by atoms with van der Waals surface area (Å²) in [5.41, 5.74) is -3.80. The maximum absolute atomic E-state index is 14.8. The molecule has 1 atom stereocenters. The Balaban J connectivity index is 2.77. The Morgan fingerprint density at radius 3 is 2.42 bits per heavy atom. The molecule has 1 aromatic carbocycles. The van der Waals surface area contributed by atoms with Crippen LogP contribution in [0.2, 0.25) is 0 Å². The van der Waals surface area contributed by atoms with E-state index in [9.17, 15) is 26.0 Å². The van der Waals surface area contributed by atoms with E-state index in [0.29, 0.717) is 18.4 Å². The van der Waals surface area contributed by atoms with Gasteiger partial charge >= 0.3 is 5.25 Å². The van der Waals surface area contributed by atoms with Gasteiger partial charge in [0, 0.05) is 25.0 Å². The molecule has 0 saturated carbocycles. The summed E-state index contributed by atoms with van der Waals surface area (Å²) in [5, 5.41) is -0.924. The van der Waals surface area contributed by atoms with Crippen molar-refractivity contribution in [3.8, 4) is 0 Å². The van der Waals surface area contributed by atoms with E-state index in [1.807, 2.05) is 0 Å². The highest BCUT2D eigenvalue weighted by Gasteiger charge is 2.64. The Hall–Kier alpha value is -2.01. The second kappa shape index (κ2) is 6.13. The summed E-state index contributed by atoms with van der Waals surface area (Å²) < 4.78 is 85.9. The van der Waals surface area contributed by atoms with Gasteiger partial charge in [0.1, 0.15) is 24.3 Å². The topological polar surface area (TPSA) is 74.1 Å². The molecule has 0 aliphatic carbocycles. The van der Waals surface area contributed by atoms with Crippen LogP contribution < -0.4 is 0 Å². The Morgan fingerprint density at radius 2 is 1.96 bits per heavy atom. The molecule has 0 fully saturated rings. The fraction of sp³-hybridized carbons (Fsp3) is 0.385. The van der Waals surface area contributed by atoms with E-state index >= 15 is 0 Å². The molecule has 24 heavy (non-hydrogen) atoms. The monoisotopic (exact) mass is 367 g/mol. The average Bonchev–Trinajstić information content (AvgIpc) is 2.96. The summed E-state index contributed by atoms with van der Waals surface area (Å²) in [4.78, 5) is 3.56. The average molecular weight is 367 g/mol. The third-order valence-corrected chi connectivity index (χ3v) is 4.76. The number of aromatic nitrogens is 3. The van der Waals surface area contributed by atoms with Crippen molar-refractivity contribution in [1.82, 2.24) is 14.8 Å². The first kappa shape index (κ1) is 18.3. The lowest BCUT2D eigenvalue weighted by atomic mass is 9.92. The van der Waals surface area contributed by atoms with E-state index in [-0.39, 0.29) is 0 Å². The molecule has 0 aliphatic rings. The molecule has 0 amide bonds. The smallest absolute Gasteiger partial charge is 0.364 e. The van der Waals surface area contributed by atoms with Crippen LogP contribution in [-0.4, -0.2) is 41.8 Å². The molecule has 0 saturated heterocycles. The van der Waals surface area contributed by atoms with E-state index in [4.69, 9.17) is 4.74 Å². The van der Waals surface area contributed by atoms with Gasteiger partial charge in [-0.3, -0.25) is 0 Å². The van der Waals surface area contributed by atoms with Gasteiger partial charge in [-0.1, -0.05) is 0 Å². The summed E-state index contributed by atoms with van der Waals surface area (Å²) >= 11 is 0. The van der Waals surface area contributed by atoms with E-state index in [2.05, 4.69) is 10.1 Å². The van der Waals surface area contributed by atoms with Gasteiger partial charge in [-0.05, 0) is 12.1 Å². The maximum atomic E-state index is 14.8. The zero-order valence-electron chi connectivity index (χ0n) is 12.6. The van der Waals surface area contributed by atoms with Gasteiger partial charge in [0.2, 0.25) is 9.84 Å². The van der Waals surface area contributed by atoms with Crippen molar-refractivity contribution in [3.05, 3.63) is 48.1 Å². The van der Waals surface area contributed by atoms with Crippen LogP contribution in [0.5, 0.6) is 0 Å². The zero-order chi connectivity index (χ0) is 18.2. The van der Waals surface area contributed by atoms with E-state index < -0.39 is 44.4 Å². The highest BCUT2D eigenvalue weighted by molar-refractivity contribution is 7.91. The normalized spacial score (nSPS) is 15.2. The SMILES string of the molecule is COC(Cn1cncn1)(c1ccc(F)cc1F)C(F)(F)S(C)(=O)=O. The molecule has 1 unspecified atom stereocenters. The van der Waals surface area contributed by atoms with Crippen molar-refractivity contribution in [2.45, 2.75) is 17.4 Å². The number of sulfone groups is 1. The molecule has 0 spiro atoms. The third kappa shape index (κ3) is 2.88. The largest absolute Gasteiger partial charge is 0.379 e. The van der Waals surface area contributed by atoms with Crippen LogP contribution in [0.4, 0.5) is 17.6 Å². The highest BCUT2D eigenvalue weighted by Crippen LogP contribution is 2.46. The molecule has 2 aromatic rings. The molecule has 11 heteroatoms. The first-order valence-corrected chi connectivity index (χ1v) is 8.35. The maximum Gasteiger partial charge on any atom is 0.379 e. The summed E-state index contributed by atoms with van der Waals surface area (Å²) in [6, 6.07) is 1.80. The standard InChI is InChI=1S/C13H13F4N3O3S/c1-23-12(6-20-8-18-7-19-20,13(16,17)24(2,21)22)10-4-3-9(14)5-11(10)15/h3-5,7-8H,6H2,1-2H3. The number of ether oxygens (including phenoxy) is 1.